The third-order valence-corrected chi connectivity index (χ3v) is 4.45. The summed E-state index contributed by atoms with van der Waals surface area (Å²) in [6.45, 7) is 6.52. The van der Waals surface area contributed by atoms with E-state index in [1.54, 1.807) is 12.1 Å². The highest BCUT2D eigenvalue weighted by Gasteiger charge is 2.12. The number of aryl methyl sites for hydroxylation is 3. The summed E-state index contributed by atoms with van der Waals surface area (Å²) in [5.41, 5.74) is 2.87. The first-order valence-electron chi connectivity index (χ1n) is 9.06. The summed E-state index contributed by atoms with van der Waals surface area (Å²) in [5.74, 6) is 1.10. The minimum Gasteiger partial charge on any atom is -0.461 e. The highest BCUT2D eigenvalue weighted by atomic mass is 19.1. The number of amides is 1. The van der Waals surface area contributed by atoms with E-state index >= 15 is 0 Å². The molecule has 1 amide bonds. The number of nitrogens with zero attached hydrogens (tertiary/aromatic N) is 2. The number of hydrogen-bond acceptors (Lipinski definition) is 3. The van der Waals surface area contributed by atoms with Gasteiger partial charge in [0.15, 0.2) is 0 Å². The minimum atomic E-state index is -0.281. The molecular formula is C21H24FN3O2. The Morgan fingerprint density at radius 3 is 2.63 bits per heavy atom. The van der Waals surface area contributed by atoms with Gasteiger partial charge in [0.05, 0.1) is 11.7 Å². The molecule has 0 aliphatic rings. The molecule has 0 spiro atoms. The summed E-state index contributed by atoms with van der Waals surface area (Å²) >= 11 is 0. The fraction of sp³-hybridized carbons (Fsp3) is 0.333. The molecule has 0 bridgehead atoms. The number of hydrogen-bond donors (Lipinski definition) is 1. The Morgan fingerprint density at radius 1 is 1.22 bits per heavy atom. The second-order valence-corrected chi connectivity index (χ2v) is 6.80. The van der Waals surface area contributed by atoms with Crippen LogP contribution in [-0.4, -0.2) is 22.2 Å². The summed E-state index contributed by atoms with van der Waals surface area (Å²) in [6, 6.07) is 11.9. The summed E-state index contributed by atoms with van der Waals surface area (Å²) in [6.07, 6.45) is 0.863. The molecule has 0 aliphatic carbocycles. The van der Waals surface area contributed by atoms with Gasteiger partial charge < -0.3 is 9.73 Å². The van der Waals surface area contributed by atoms with Crippen molar-refractivity contribution in [1.29, 1.82) is 0 Å². The molecule has 0 radical (unpaired) electrons. The molecule has 2 heterocycles. The van der Waals surface area contributed by atoms with Crippen LogP contribution in [-0.2, 0) is 11.2 Å². The highest BCUT2D eigenvalue weighted by molar-refractivity contribution is 5.76. The summed E-state index contributed by atoms with van der Waals surface area (Å²) in [4.78, 5) is 12.1. The molecule has 142 valence electrons. The number of halogens is 1. The Hall–Kier alpha value is -2.89. The first-order chi connectivity index (χ1) is 12.9. The van der Waals surface area contributed by atoms with Crippen LogP contribution < -0.4 is 5.32 Å². The lowest BCUT2D eigenvalue weighted by Crippen LogP contribution is -2.30. The van der Waals surface area contributed by atoms with E-state index in [0.717, 1.165) is 22.7 Å². The minimum absolute atomic E-state index is 0.0249. The van der Waals surface area contributed by atoms with E-state index in [0.29, 0.717) is 25.1 Å². The predicted molar refractivity (Wildman–Crippen MR) is 102 cm³/mol. The Balaban J connectivity index is 1.48. The van der Waals surface area contributed by atoms with Crippen molar-refractivity contribution >= 4 is 5.91 Å². The maximum atomic E-state index is 13.0. The van der Waals surface area contributed by atoms with Gasteiger partial charge in [-0.15, -0.1) is 0 Å². The van der Waals surface area contributed by atoms with Gasteiger partial charge in [-0.3, -0.25) is 9.48 Å². The molecule has 0 saturated heterocycles. The molecule has 2 aromatic heterocycles. The zero-order valence-corrected chi connectivity index (χ0v) is 15.8. The van der Waals surface area contributed by atoms with Crippen molar-refractivity contribution in [3.8, 4) is 11.3 Å². The van der Waals surface area contributed by atoms with Crippen LogP contribution in [0.4, 0.5) is 4.39 Å². The van der Waals surface area contributed by atoms with Crippen LogP contribution in [0.1, 0.15) is 36.5 Å². The van der Waals surface area contributed by atoms with Crippen LogP contribution in [0.5, 0.6) is 0 Å². The fourth-order valence-corrected chi connectivity index (χ4v) is 3.05. The summed E-state index contributed by atoms with van der Waals surface area (Å²) < 4.78 is 20.7. The SMILES string of the molecule is Cc1cc(C)n(C(C)CNC(=O)CCc2ccc(-c3ccc(F)cc3)o2)n1. The smallest absolute Gasteiger partial charge is 0.220 e. The van der Waals surface area contributed by atoms with Gasteiger partial charge in [0.1, 0.15) is 17.3 Å². The molecule has 0 aliphatic heterocycles. The van der Waals surface area contributed by atoms with Crippen molar-refractivity contribution < 1.29 is 13.6 Å². The summed E-state index contributed by atoms with van der Waals surface area (Å²) in [5, 5.41) is 7.39. The Morgan fingerprint density at radius 2 is 1.96 bits per heavy atom. The van der Waals surface area contributed by atoms with E-state index < -0.39 is 0 Å². The van der Waals surface area contributed by atoms with Crippen molar-refractivity contribution in [2.24, 2.45) is 0 Å². The van der Waals surface area contributed by atoms with Gasteiger partial charge in [0.2, 0.25) is 5.91 Å². The van der Waals surface area contributed by atoms with Crippen molar-refractivity contribution in [3.05, 3.63) is 65.4 Å². The lowest BCUT2D eigenvalue weighted by atomic mass is 10.2. The third kappa shape index (κ3) is 4.84. The lowest BCUT2D eigenvalue weighted by Gasteiger charge is -2.15. The number of nitrogens with one attached hydrogen (secondary N) is 1. The molecule has 6 heteroatoms. The number of benzene rings is 1. The standard InChI is InChI=1S/C21H24FN3O2/c1-14-12-15(2)25(24-14)16(3)13-23-21(26)11-9-19-8-10-20(27-19)17-4-6-18(22)7-5-17/h4-8,10,12,16H,9,11,13H2,1-3H3,(H,23,26). The molecule has 3 rings (SSSR count). The molecule has 0 saturated carbocycles. The van der Waals surface area contributed by atoms with Crippen LogP contribution in [0.15, 0.2) is 46.9 Å². The summed E-state index contributed by atoms with van der Waals surface area (Å²) in [7, 11) is 0. The molecular weight excluding hydrogens is 345 g/mol. The third-order valence-electron chi connectivity index (χ3n) is 4.45. The van der Waals surface area contributed by atoms with Gasteiger partial charge in [-0.2, -0.15) is 5.10 Å². The molecule has 1 unspecified atom stereocenters. The van der Waals surface area contributed by atoms with Gasteiger partial charge in [-0.25, -0.2) is 4.39 Å². The second-order valence-electron chi connectivity index (χ2n) is 6.80. The molecule has 1 atom stereocenters. The normalized spacial score (nSPS) is 12.1. The van der Waals surface area contributed by atoms with Crippen molar-refractivity contribution in [2.75, 3.05) is 6.54 Å². The number of furan rings is 1. The molecule has 0 fully saturated rings. The van der Waals surface area contributed by atoms with Crippen LogP contribution >= 0.6 is 0 Å². The number of carbonyl (C=O) groups excluding carboxylic acids is 1. The molecule has 27 heavy (non-hydrogen) atoms. The average Bonchev–Trinajstić information content (AvgIpc) is 3.24. The zero-order chi connectivity index (χ0) is 19.4. The Labute approximate surface area is 158 Å². The van der Waals surface area contributed by atoms with Crippen LogP contribution in [0.3, 0.4) is 0 Å². The number of aromatic nitrogens is 2. The van der Waals surface area contributed by atoms with Gasteiger partial charge in [-0.1, -0.05) is 0 Å². The lowest BCUT2D eigenvalue weighted by molar-refractivity contribution is -0.121. The largest absolute Gasteiger partial charge is 0.461 e. The second kappa shape index (κ2) is 8.20. The molecule has 3 aromatic rings. The fourth-order valence-electron chi connectivity index (χ4n) is 3.05. The number of rotatable bonds is 7. The topological polar surface area (TPSA) is 60.1 Å². The average molecular weight is 369 g/mol. The van der Waals surface area contributed by atoms with Gasteiger partial charge >= 0.3 is 0 Å². The Kier molecular flexibility index (Phi) is 5.74. The number of carbonyl (C=O) groups is 1. The van der Waals surface area contributed by atoms with Crippen molar-refractivity contribution in [3.63, 3.8) is 0 Å². The molecule has 5 nitrogen and oxygen atoms in total. The van der Waals surface area contributed by atoms with Crippen LogP contribution in [0.25, 0.3) is 11.3 Å². The molecule has 1 N–H and O–H groups in total. The molecule has 1 aromatic carbocycles. The highest BCUT2D eigenvalue weighted by Crippen LogP contribution is 2.23. The van der Waals surface area contributed by atoms with E-state index in [2.05, 4.69) is 10.4 Å². The quantitative estimate of drug-likeness (QED) is 0.679. The maximum absolute atomic E-state index is 13.0. The first kappa shape index (κ1) is 18.9. The predicted octanol–water partition coefficient (Wildman–Crippen LogP) is 4.21. The maximum Gasteiger partial charge on any atom is 0.220 e. The van der Waals surface area contributed by atoms with Crippen LogP contribution in [0, 0.1) is 19.7 Å². The van der Waals surface area contributed by atoms with Gasteiger partial charge in [-0.05, 0) is 63.2 Å². The van der Waals surface area contributed by atoms with E-state index in [-0.39, 0.29) is 17.8 Å². The van der Waals surface area contributed by atoms with E-state index in [1.807, 2.05) is 43.7 Å². The van der Waals surface area contributed by atoms with E-state index in [9.17, 15) is 9.18 Å². The van der Waals surface area contributed by atoms with Crippen LogP contribution in [0.2, 0.25) is 0 Å². The Bertz CT molecular complexity index is 912. The van der Waals surface area contributed by atoms with E-state index in [1.165, 1.54) is 12.1 Å². The van der Waals surface area contributed by atoms with Crippen molar-refractivity contribution in [1.82, 2.24) is 15.1 Å². The zero-order valence-electron chi connectivity index (χ0n) is 15.8. The van der Waals surface area contributed by atoms with Crippen molar-refractivity contribution in [2.45, 2.75) is 39.7 Å². The van der Waals surface area contributed by atoms with Gasteiger partial charge in [0.25, 0.3) is 0 Å². The van der Waals surface area contributed by atoms with E-state index in [4.69, 9.17) is 4.42 Å². The first-order valence-corrected chi connectivity index (χ1v) is 9.06. The monoisotopic (exact) mass is 369 g/mol. The van der Waals surface area contributed by atoms with Gasteiger partial charge in [0, 0.05) is 30.6 Å².